The molecule has 0 saturated carbocycles. The second kappa shape index (κ2) is 44.2. The van der Waals surface area contributed by atoms with Crippen LogP contribution in [0.2, 0.25) is 25.1 Å². The molecule has 4 fully saturated rings. The van der Waals surface area contributed by atoms with Crippen molar-refractivity contribution in [2.24, 2.45) is 0 Å². The van der Waals surface area contributed by atoms with Gasteiger partial charge in [-0.3, -0.25) is 53.1 Å². The molecule has 4 saturated heterocycles. The molecule has 0 radical (unpaired) electrons. The fourth-order valence-corrected chi connectivity index (χ4v) is 16.1. The van der Waals surface area contributed by atoms with Gasteiger partial charge in [-0.1, -0.05) is 137 Å². The van der Waals surface area contributed by atoms with Gasteiger partial charge in [0.15, 0.2) is 9.84 Å². The molecule has 596 valence electrons. The minimum atomic E-state index is -2.95. The number of nitrogens with zero attached hydrogens (tertiary/aromatic N) is 5. The zero-order valence-electron chi connectivity index (χ0n) is 61.5. The van der Waals surface area contributed by atoms with Gasteiger partial charge in [0.1, 0.15) is 23.3 Å². The van der Waals surface area contributed by atoms with E-state index >= 15 is 0 Å². The number of benzene rings is 6. The van der Waals surface area contributed by atoms with Crippen LogP contribution in [0.1, 0.15) is 69.7 Å². The summed E-state index contributed by atoms with van der Waals surface area (Å²) in [6.45, 7) is 13.1. The van der Waals surface area contributed by atoms with E-state index in [0.29, 0.717) is 60.0 Å². The highest BCUT2D eigenvalue weighted by Gasteiger charge is 2.33. The van der Waals surface area contributed by atoms with E-state index in [-0.39, 0.29) is 101 Å². The molecule has 5 unspecified atom stereocenters. The third kappa shape index (κ3) is 28.5. The number of carbonyl (C=O) groups is 8. The number of hydrogen-bond donors (Lipinski definition) is 5. The number of nitrogens with one attached hydrogen (secondary N) is 5. The van der Waals surface area contributed by atoms with Crippen LogP contribution in [-0.2, 0) is 78.6 Å². The van der Waals surface area contributed by atoms with E-state index in [2.05, 4.69) is 71.2 Å². The predicted molar refractivity (Wildman–Crippen MR) is 423 cm³/mol. The molecule has 1 aromatic heterocycles. The molecule has 21 nitrogen and oxygen atoms in total. The van der Waals surface area contributed by atoms with Crippen molar-refractivity contribution >= 4 is 126 Å². The Bertz CT molecular complexity index is 4450. The van der Waals surface area contributed by atoms with Crippen molar-refractivity contribution in [1.82, 2.24) is 51.1 Å². The van der Waals surface area contributed by atoms with Crippen LogP contribution in [0, 0.1) is 23.3 Å². The Hall–Kier alpha value is -7.58. The maximum Gasteiger partial charge on any atom is 0.287 e. The number of rotatable bonds is 28. The van der Waals surface area contributed by atoms with Crippen LogP contribution < -0.4 is 26.6 Å². The Kier molecular flexibility index (Phi) is 35.4. The Morgan fingerprint density at radius 2 is 0.910 bits per heavy atom. The molecule has 11 rings (SSSR count). The number of thiophene rings is 1. The Labute approximate surface area is 672 Å². The van der Waals surface area contributed by atoms with E-state index in [4.69, 9.17) is 62.7 Å². The molecule has 5 heterocycles. The van der Waals surface area contributed by atoms with E-state index in [1.54, 1.807) is 23.5 Å². The van der Waals surface area contributed by atoms with Gasteiger partial charge < -0.3 is 41.1 Å². The van der Waals surface area contributed by atoms with Crippen LogP contribution in [0.3, 0.4) is 0 Å². The first kappa shape index (κ1) is 89.0. The lowest BCUT2D eigenvalue weighted by Crippen LogP contribution is -2.49. The highest BCUT2D eigenvalue weighted by Crippen LogP contribution is 2.31. The number of hydrogen-bond acceptors (Lipinski definition) is 18. The molecule has 0 spiro atoms. The number of carbonyl (C=O) groups excluding carboxylic acids is 8. The zero-order chi connectivity index (χ0) is 80.3. The van der Waals surface area contributed by atoms with Gasteiger partial charge in [-0.2, -0.15) is 0 Å². The molecule has 6 aromatic carbocycles. The maximum atomic E-state index is 13.6. The van der Waals surface area contributed by atoms with Crippen LogP contribution in [0.4, 0.5) is 17.6 Å². The van der Waals surface area contributed by atoms with Crippen LogP contribution in [0.5, 0.6) is 0 Å². The number of morpholine rings is 1. The average molecular weight is 1670 g/mol. The highest BCUT2D eigenvalue weighted by molar-refractivity contribution is 7.91. The second-order valence-electron chi connectivity index (χ2n) is 27.1. The lowest BCUT2D eigenvalue weighted by Gasteiger charge is -2.38. The molecule has 4 aliphatic heterocycles. The van der Waals surface area contributed by atoms with Crippen molar-refractivity contribution in [2.45, 2.75) is 69.2 Å². The standard InChI is InChI=1S/C22H24Cl2FN3O2.C22H24ClFN2O3.C20H23ClFN3O2S.C15H18ClFN2O4S/c1-27-8-10-28(11-9-27)20(16-4-2-3-5-17(16)23)14-26-22(30)21(29)13-15-6-7-18(24)19(25)12-15;1-15(21(17-5-3-2-4-6-17)26-9-11-29-12-10-26)25-22(28)20(27)14-16-7-8-18(23)19(24)13-16;1-24-6-8-25(9-7-24)17(19-3-2-10-28-19)13-23-20(27)18(26)12-14-4-5-15(21)16(22)11-14;16-12-2-1-10(7-13(12)17)8-14(20)15(21)19-5-4-18-11-3-6-24(22,23)9-11/h2-7,12,20H,8-11,13-14H2,1H3,(H,26,30);2-8,13,15,21H,9-12,14H2,1H3,(H,25,28);2-5,10-11,17H,6-9,12-13H2,1H3,(H,23,27);1-2,7,11,18H,3-6,8-9H2,(H,19,21). The number of likely N-dealkylation sites (N-methyl/N-ethyl adjacent to an activating group) is 2. The van der Waals surface area contributed by atoms with Crippen molar-refractivity contribution in [1.29, 1.82) is 0 Å². The Morgan fingerprint density at radius 1 is 0.486 bits per heavy atom. The van der Waals surface area contributed by atoms with Gasteiger partial charge in [0.25, 0.3) is 23.6 Å². The predicted octanol–water partition coefficient (Wildman–Crippen LogP) is 9.76. The monoisotopic (exact) mass is 1670 g/mol. The topological polar surface area (TPSA) is 256 Å². The summed E-state index contributed by atoms with van der Waals surface area (Å²) < 4.78 is 82.0. The van der Waals surface area contributed by atoms with Crippen molar-refractivity contribution < 1.29 is 69.1 Å². The minimum Gasteiger partial charge on any atom is -0.379 e. The lowest BCUT2D eigenvalue weighted by atomic mass is 9.97. The van der Waals surface area contributed by atoms with Crippen LogP contribution >= 0.6 is 69.3 Å². The molecule has 5 atom stereocenters. The molecule has 0 aliphatic carbocycles. The number of Topliss-reactive ketones (excluding diaryl/α,β-unsaturated/α-hetero) is 4. The summed E-state index contributed by atoms with van der Waals surface area (Å²) in [5.74, 6) is -7.49. The van der Waals surface area contributed by atoms with E-state index in [1.165, 1.54) is 54.6 Å². The van der Waals surface area contributed by atoms with E-state index in [0.717, 1.165) is 87.5 Å². The normalized spacial score (nSPS) is 17.1. The van der Waals surface area contributed by atoms with Gasteiger partial charge in [-0.05, 0) is 127 Å². The smallest absolute Gasteiger partial charge is 0.287 e. The van der Waals surface area contributed by atoms with Gasteiger partial charge in [0, 0.05) is 139 Å². The van der Waals surface area contributed by atoms with E-state index in [1.807, 2.05) is 73.0 Å². The van der Waals surface area contributed by atoms with E-state index < -0.39 is 79.9 Å². The molecule has 0 bridgehead atoms. The van der Waals surface area contributed by atoms with Crippen LogP contribution in [0.15, 0.2) is 145 Å². The second-order valence-corrected chi connectivity index (χ2v) is 32.4. The van der Waals surface area contributed by atoms with Crippen molar-refractivity contribution in [3.05, 3.63) is 232 Å². The maximum absolute atomic E-state index is 13.6. The largest absolute Gasteiger partial charge is 0.379 e. The number of ether oxygens (including phenoxy) is 1. The Morgan fingerprint density at radius 3 is 1.33 bits per heavy atom. The van der Waals surface area contributed by atoms with Gasteiger partial charge >= 0.3 is 0 Å². The summed E-state index contributed by atoms with van der Waals surface area (Å²) in [5.41, 5.74) is 3.58. The fraction of sp³-hybridized carbons (Fsp3) is 0.392. The summed E-state index contributed by atoms with van der Waals surface area (Å²) in [4.78, 5) is 110. The zero-order valence-corrected chi connectivity index (χ0v) is 66.9. The van der Waals surface area contributed by atoms with Crippen LogP contribution in [0.25, 0.3) is 0 Å². The number of halogens is 9. The number of sulfone groups is 1. The highest BCUT2D eigenvalue weighted by atomic mass is 35.5. The third-order valence-electron chi connectivity index (χ3n) is 18.9. The minimum absolute atomic E-state index is 0.00776. The first-order valence-electron chi connectivity index (χ1n) is 36.0. The quantitative estimate of drug-likeness (QED) is 0.0174. The summed E-state index contributed by atoms with van der Waals surface area (Å²) >= 11 is 30.6. The molecule has 111 heavy (non-hydrogen) atoms. The number of piperazine rings is 2. The van der Waals surface area contributed by atoms with Crippen molar-refractivity contribution in [3.8, 4) is 0 Å². The van der Waals surface area contributed by atoms with Gasteiger partial charge in [0.05, 0.1) is 62.9 Å². The molecular weight excluding hydrogens is 1580 g/mol. The van der Waals surface area contributed by atoms with Crippen molar-refractivity contribution in [3.63, 3.8) is 0 Å². The number of ketones is 4. The Balaban J connectivity index is 0.000000186. The molecule has 4 aliphatic rings. The van der Waals surface area contributed by atoms with Crippen LogP contribution in [-0.4, -0.2) is 222 Å². The SMILES string of the molecule is CC(NC(=O)C(=O)Cc1ccc(Cl)c(F)c1)C(c1ccccc1)N1CCOCC1.CN1CCN(C(CNC(=O)C(=O)Cc2ccc(Cl)c(F)c2)c2ccccc2Cl)CC1.CN1CCN(C(CNC(=O)C(=O)Cc2ccc(Cl)c(F)c2)c2cccs2)CC1.O=C(Cc1ccc(Cl)c(F)c1)C(=O)NCCNC1CCS(=O)(=O)C1. The first-order chi connectivity index (χ1) is 53.0. The summed E-state index contributed by atoms with van der Waals surface area (Å²) in [6.07, 6.45) is -0.185. The lowest BCUT2D eigenvalue weighted by molar-refractivity contribution is -0.138. The fourth-order valence-electron chi connectivity index (χ4n) is 12.8. The van der Waals surface area contributed by atoms with Crippen molar-refractivity contribution in [2.75, 3.05) is 130 Å². The van der Waals surface area contributed by atoms with Gasteiger partial charge in [-0.15, -0.1) is 11.3 Å². The molecule has 5 N–H and O–H groups in total. The molecule has 4 amide bonds. The van der Waals surface area contributed by atoms with Gasteiger partial charge in [0.2, 0.25) is 23.1 Å². The van der Waals surface area contributed by atoms with Gasteiger partial charge in [-0.25, -0.2) is 26.0 Å². The first-order valence-corrected chi connectivity index (χ1v) is 40.6. The average Bonchev–Trinajstić information content (AvgIpc) is 1.42. The summed E-state index contributed by atoms with van der Waals surface area (Å²) in [7, 11) is 1.22. The summed E-state index contributed by atoms with van der Waals surface area (Å²) in [5, 5.41) is 16.4. The number of amides is 4. The van der Waals surface area contributed by atoms with E-state index in [9.17, 15) is 64.3 Å². The molecular formula is C79H89Cl5F4N10O11S2. The molecule has 32 heteroatoms. The summed E-state index contributed by atoms with van der Waals surface area (Å²) in [6, 6.07) is 37.1. The third-order valence-corrected chi connectivity index (χ3v) is 23.2. The molecule has 7 aromatic rings.